The normalized spacial score (nSPS) is 11.9. The Morgan fingerprint density at radius 1 is 1.14 bits per heavy atom. The maximum absolute atomic E-state index is 13.8. The first-order valence-corrected chi connectivity index (χ1v) is 7.02. The standard InChI is InChI=1S/C18H17FO3/c1-12-7-8-14(17(19)9-12)10-15(20)11-16(18(21)22)13-5-3-2-4-6-13/h2-9,16H,10-11H2,1H3,(H,21,22). The van der Waals surface area contributed by atoms with Crippen LogP contribution in [0.3, 0.4) is 0 Å². The zero-order chi connectivity index (χ0) is 16.1. The molecule has 0 amide bonds. The molecule has 2 rings (SSSR count). The molecule has 2 aromatic carbocycles. The van der Waals surface area contributed by atoms with E-state index in [9.17, 15) is 19.1 Å². The van der Waals surface area contributed by atoms with Crippen molar-refractivity contribution < 1.29 is 19.1 Å². The van der Waals surface area contributed by atoms with Gasteiger partial charge in [-0.2, -0.15) is 0 Å². The number of aryl methyl sites for hydroxylation is 1. The zero-order valence-corrected chi connectivity index (χ0v) is 12.3. The van der Waals surface area contributed by atoms with E-state index in [0.717, 1.165) is 5.56 Å². The molecule has 0 aliphatic carbocycles. The SMILES string of the molecule is Cc1ccc(CC(=O)CC(C(=O)O)c2ccccc2)c(F)c1. The van der Waals surface area contributed by atoms with Crippen LogP contribution in [0, 0.1) is 12.7 Å². The molecule has 0 saturated carbocycles. The van der Waals surface area contributed by atoms with Gasteiger partial charge in [-0.1, -0.05) is 42.5 Å². The lowest BCUT2D eigenvalue weighted by atomic mass is 9.92. The first-order chi connectivity index (χ1) is 10.5. The zero-order valence-electron chi connectivity index (χ0n) is 12.3. The fraction of sp³-hybridized carbons (Fsp3) is 0.222. The quantitative estimate of drug-likeness (QED) is 0.888. The summed E-state index contributed by atoms with van der Waals surface area (Å²) in [7, 11) is 0. The van der Waals surface area contributed by atoms with Crippen LogP contribution in [0.15, 0.2) is 48.5 Å². The van der Waals surface area contributed by atoms with Crippen LogP contribution in [0.25, 0.3) is 0 Å². The molecule has 1 unspecified atom stereocenters. The van der Waals surface area contributed by atoms with E-state index in [4.69, 9.17) is 0 Å². The van der Waals surface area contributed by atoms with Gasteiger partial charge in [-0.3, -0.25) is 9.59 Å². The Labute approximate surface area is 128 Å². The number of ketones is 1. The molecule has 0 aliphatic rings. The summed E-state index contributed by atoms with van der Waals surface area (Å²) >= 11 is 0. The Morgan fingerprint density at radius 2 is 1.82 bits per heavy atom. The minimum absolute atomic E-state index is 0.0945. The minimum atomic E-state index is -1.05. The molecule has 3 nitrogen and oxygen atoms in total. The van der Waals surface area contributed by atoms with Crippen LogP contribution < -0.4 is 0 Å². The Balaban J connectivity index is 2.10. The summed E-state index contributed by atoms with van der Waals surface area (Å²) in [6.45, 7) is 1.77. The third kappa shape index (κ3) is 4.01. The average Bonchev–Trinajstić information content (AvgIpc) is 2.48. The number of rotatable bonds is 6. The Bertz CT molecular complexity index is 680. The van der Waals surface area contributed by atoms with Crippen LogP contribution in [-0.4, -0.2) is 16.9 Å². The average molecular weight is 300 g/mol. The highest BCUT2D eigenvalue weighted by molar-refractivity contribution is 5.88. The topological polar surface area (TPSA) is 54.4 Å². The van der Waals surface area contributed by atoms with Gasteiger partial charge in [0.25, 0.3) is 0 Å². The van der Waals surface area contributed by atoms with E-state index < -0.39 is 17.7 Å². The van der Waals surface area contributed by atoms with E-state index in [-0.39, 0.29) is 18.6 Å². The molecule has 4 heteroatoms. The fourth-order valence-electron chi connectivity index (χ4n) is 2.34. The third-order valence-electron chi connectivity index (χ3n) is 3.53. The van der Waals surface area contributed by atoms with Crippen LogP contribution in [0.4, 0.5) is 4.39 Å². The van der Waals surface area contributed by atoms with Gasteiger partial charge in [-0.15, -0.1) is 0 Å². The second-order valence-electron chi connectivity index (χ2n) is 5.32. The van der Waals surface area contributed by atoms with Crippen LogP contribution >= 0.6 is 0 Å². The highest BCUT2D eigenvalue weighted by Crippen LogP contribution is 2.21. The van der Waals surface area contributed by atoms with Gasteiger partial charge in [0.05, 0.1) is 5.92 Å². The van der Waals surface area contributed by atoms with Gasteiger partial charge in [-0.25, -0.2) is 4.39 Å². The lowest BCUT2D eigenvalue weighted by Crippen LogP contribution is -2.17. The first kappa shape index (κ1) is 15.9. The van der Waals surface area contributed by atoms with Gasteiger partial charge >= 0.3 is 5.97 Å². The fourth-order valence-corrected chi connectivity index (χ4v) is 2.34. The molecule has 0 radical (unpaired) electrons. The number of carboxylic acid groups (broad SMARTS) is 1. The summed E-state index contributed by atoms with van der Waals surface area (Å²) in [6, 6.07) is 13.3. The molecule has 2 aromatic rings. The number of hydrogen-bond acceptors (Lipinski definition) is 2. The number of halogens is 1. The number of hydrogen-bond donors (Lipinski definition) is 1. The van der Waals surface area contributed by atoms with E-state index in [0.29, 0.717) is 11.1 Å². The molecule has 0 saturated heterocycles. The first-order valence-electron chi connectivity index (χ1n) is 7.02. The van der Waals surface area contributed by atoms with Gasteiger partial charge in [0, 0.05) is 12.8 Å². The molecule has 0 aliphatic heterocycles. The number of carbonyl (C=O) groups is 2. The predicted molar refractivity (Wildman–Crippen MR) is 81.3 cm³/mol. The second-order valence-corrected chi connectivity index (χ2v) is 5.32. The summed E-state index contributed by atoms with van der Waals surface area (Å²) in [5, 5.41) is 9.31. The van der Waals surface area contributed by atoms with Gasteiger partial charge in [0.15, 0.2) is 0 Å². The van der Waals surface area contributed by atoms with Crippen molar-refractivity contribution in [3.8, 4) is 0 Å². The van der Waals surface area contributed by atoms with Gasteiger partial charge in [0.2, 0.25) is 0 Å². The summed E-state index contributed by atoms with van der Waals surface area (Å²) < 4.78 is 13.8. The van der Waals surface area contributed by atoms with Crippen molar-refractivity contribution >= 4 is 11.8 Å². The number of carbonyl (C=O) groups excluding carboxylic acids is 1. The van der Waals surface area contributed by atoms with Crippen molar-refractivity contribution in [2.24, 2.45) is 0 Å². The molecule has 0 fully saturated rings. The predicted octanol–water partition coefficient (Wildman–Crippen LogP) is 3.50. The number of Topliss-reactive ketones (excluding diaryl/α,β-unsaturated/α-hetero) is 1. The molecular weight excluding hydrogens is 283 g/mol. The Hall–Kier alpha value is -2.49. The molecule has 22 heavy (non-hydrogen) atoms. The van der Waals surface area contributed by atoms with Crippen molar-refractivity contribution in [1.29, 1.82) is 0 Å². The summed E-state index contributed by atoms with van der Waals surface area (Å²) in [5.74, 6) is -2.68. The van der Waals surface area contributed by atoms with E-state index in [1.165, 1.54) is 6.07 Å². The minimum Gasteiger partial charge on any atom is -0.481 e. The second kappa shape index (κ2) is 6.98. The largest absolute Gasteiger partial charge is 0.481 e. The monoisotopic (exact) mass is 300 g/mol. The van der Waals surface area contributed by atoms with Crippen LogP contribution in [-0.2, 0) is 16.0 Å². The van der Waals surface area contributed by atoms with Gasteiger partial charge in [-0.05, 0) is 29.7 Å². The van der Waals surface area contributed by atoms with Gasteiger partial charge in [0.1, 0.15) is 11.6 Å². The number of carboxylic acids is 1. The smallest absolute Gasteiger partial charge is 0.311 e. The Kier molecular flexibility index (Phi) is 5.04. The van der Waals surface area contributed by atoms with Crippen LogP contribution in [0.5, 0.6) is 0 Å². The molecule has 0 bridgehead atoms. The maximum Gasteiger partial charge on any atom is 0.311 e. The van der Waals surface area contributed by atoms with Crippen molar-refractivity contribution in [3.05, 3.63) is 71.0 Å². The van der Waals surface area contributed by atoms with E-state index >= 15 is 0 Å². The number of aliphatic carboxylic acids is 1. The molecule has 1 atom stereocenters. The van der Waals surface area contributed by atoms with Crippen molar-refractivity contribution in [2.45, 2.75) is 25.7 Å². The molecular formula is C18H17FO3. The molecule has 1 N–H and O–H groups in total. The molecule has 0 aromatic heterocycles. The van der Waals surface area contributed by atoms with E-state index in [1.807, 2.05) is 0 Å². The summed E-state index contributed by atoms with van der Waals surface area (Å²) in [4.78, 5) is 23.5. The van der Waals surface area contributed by atoms with Crippen molar-refractivity contribution in [2.75, 3.05) is 0 Å². The maximum atomic E-state index is 13.8. The van der Waals surface area contributed by atoms with Gasteiger partial charge < -0.3 is 5.11 Å². The summed E-state index contributed by atoms with van der Waals surface area (Å²) in [5.41, 5.74) is 1.65. The highest BCUT2D eigenvalue weighted by atomic mass is 19.1. The van der Waals surface area contributed by atoms with E-state index in [2.05, 4.69) is 0 Å². The lowest BCUT2D eigenvalue weighted by molar-refractivity contribution is -0.140. The highest BCUT2D eigenvalue weighted by Gasteiger charge is 2.23. The third-order valence-corrected chi connectivity index (χ3v) is 3.53. The molecule has 114 valence electrons. The van der Waals surface area contributed by atoms with E-state index in [1.54, 1.807) is 49.4 Å². The van der Waals surface area contributed by atoms with Crippen molar-refractivity contribution in [1.82, 2.24) is 0 Å². The molecule has 0 spiro atoms. The lowest BCUT2D eigenvalue weighted by Gasteiger charge is -2.12. The van der Waals surface area contributed by atoms with Crippen LogP contribution in [0.1, 0.15) is 29.0 Å². The Morgan fingerprint density at radius 3 is 2.41 bits per heavy atom. The summed E-state index contributed by atoms with van der Waals surface area (Å²) in [6.07, 6.45) is -0.241. The van der Waals surface area contributed by atoms with Crippen molar-refractivity contribution in [3.63, 3.8) is 0 Å². The number of benzene rings is 2. The molecule has 0 heterocycles. The van der Waals surface area contributed by atoms with Crippen LogP contribution in [0.2, 0.25) is 0 Å².